The Kier molecular flexibility index (Phi) is 7.16. The summed E-state index contributed by atoms with van der Waals surface area (Å²) in [6.07, 6.45) is 0.803. The van der Waals surface area contributed by atoms with Crippen molar-refractivity contribution in [3.8, 4) is 5.69 Å². The molecule has 0 N–H and O–H groups in total. The predicted molar refractivity (Wildman–Crippen MR) is 126 cm³/mol. The molecular weight excluding hydrogens is 463 g/mol. The average molecular weight is 490 g/mol. The van der Waals surface area contributed by atoms with Crippen LogP contribution in [0.15, 0.2) is 54.1 Å². The molecule has 180 valence electrons. The van der Waals surface area contributed by atoms with Crippen LogP contribution in [-0.2, 0) is 11.0 Å². The molecule has 1 saturated heterocycles. The molecule has 4 rings (SSSR count). The van der Waals surface area contributed by atoms with Crippen LogP contribution in [0.2, 0.25) is 0 Å². The van der Waals surface area contributed by atoms with E-state index >= 15 is 0 Å². The zero-order valence-electron chi connectivity index (χ0n) is 19.0. The molecule has 0 bridgehead atoms. The predicted octanol–water partition coefficient (Wildman–Crippen LogP) is 4.73. The molecule has 2 aromatic heterocycles. The van der Waals surface area contributed by atoms with Gasteiger partial charge in [0.15, 0.2) is 5.16 Å². The first-order chi connectivity index (χ1) is 16.2. The number of aromatic nitrogens is 3. The highest BCUT2D eigenvalue weighted by molar-refractivity contribution is 7.99. The monoisotopic (exact) mass is 489 g/mol. The summed E-state index contributed by atoms with van der Waals surface area (Å²) in [6.45, 7) is 6.38. The van der Waals surface area contributed by atoms with Crippen LogP contribution >= 0.6 is 11.8 Å². The standard InChI is InChI=1S/C24H26F3N5OS/c1-17-5-3-6-20(18(17)2)32-12-9-28-23(32)34-16-22(33)31-11-4-10-30(13-14-31)21-8-7-19(15-29-21)24(25,26)27/h3,5-9,12,15H,4,10-11,13-14,16H2,1-2H3. The Balaban J connectivity index is 1.36. The topological polar surface area (TPSA) is 54.3 Å². The van der Waals surface area contributed by atoms with Crippen molar-refractivity contribution in [2.24, 2.45) is 0 Å². The molecule has 10 heteroatoms. The van der Waals surface area contributed by atoms with E-state index in [9.17, 15) is 18.0 Å². The summed E-state index contributed by atoms with van der Waals surface area (Å²) in [5, 5.41) is 0.757. The Morgan fingerprint density at radius 1 is 1.06 bits per heavy atom. The summed E-state index contributed by atoms with van der Waals surface area (Å²) in [6, 6.07) is 8.55. The molecule has 0 spiro atoms. The number of alkyl halides is 3. The number of carbonyl (C=O) groups excluding carboxylic acids is 1. The van der Waals surface area contributed by atoms with E-state index in [0.717, 1.165) is 35.1 Å². The zero-order valence-corrected chi connectivity index (χ0v) is 19.9. The Hall–Kier alpha value is -3.01. The van der Waals surface area contributed by atoms with Gasteiger partial charge < -0.3 is 9.80 Å². The van der Waals surface area contributed by atoms with Crippen molar-refractivity contribution in [2.75, 3.05) is 36.8 Å². The van der Waals surface area contributed by atoms with E-state index in [-0.39, 0.29) is 11.7 Å². The van der Waals surface area contributed by atoms with Gasteiger partial charge in [0.05, 0.1) is 17.0 Å². The lowest BCUT2D eigenvalue weighted by Gasteiger charge is -2.23. The van der Waals surface area contributed by atoms with Crippen LogP contribution in [0, 0.1) is 13.8 Å². The Labute approximate surface area is 200 Å². The average Bonchev–Trinajstić information content (AvgIpc) is 3.13. The van der Waals surface area contributed by atoms with Gasteiger partial charge in [0, 0.05) is 44.8 Å². The lowest BCUT2D eigenvalue weighted by Crippen LogP contribution is -2.36. The van der Waals surface area contributed by atoms with E-state index in [1.807, 2.05) is 32.7 Å². The number of benzene rings is 1. The molecule has 1 amide bonds. The SMILES string of the molecule is Cc1cccc(-n2ccnc2SCC(=O)N2CCCN(c3ccc(C(F)(F)F)cn3)CC2)c1C. The molecule has 3 aromatic rings. The van der Waals surface area contributed by atoms with Crippen molar-refractivity contribution in [1.29, 1.82) is 0 Å². The van der Waals surface area contributed by atoms with Gasteiger partial charge >= 0.3 is 6.18 Å². The lowest BCUT2D eigenvalue weighted by molar-refractivity contribution is -0.137. The molecule has 1 aromatic carbocycles. The van der Waals surface area contributed by atoms with Crippen LogP contribution in [0.25, 0.3) is 5.69 Å². The first kappa shape index (κ1) is 24.1. The molecule has 1 fully saturated rings. The Morgan fingerprint density at radius 2 is 1.88 bits per heavy atom. The number of hydrogen-bond donors (Lipinski definition) is 0. The number of aryl methyl sites for hydroxylation is 1. The van der Waals surface area contributed by atoms with Crippen LogP contribution < -0.4 is 4.90 Å². The number of pyridine rings is 1. The Bertz CT molecular complexity index is 1150. The van der Waals surface area contributed by atoms with Crippen molar-refractivity contribution in [3.63, 3.8) is 0 Å². The number of hydrogen-bond acceptors (Lipinski definition) is 5. The summed E-state index contributed by atoms with van der Waals surface area (Å²) in [7, 11) is 0. The maximum atomic E-state index is 12.9. The number of anilines is 1. The summed E-state index contributed by atoms with van der Waals surface area (Å²) >= 11 is 1.40. The third kappa shape index (κ3) is 5.38. The number of nitrogens with zero attached hydrogens (tertiary/aromatic N) is 5. The second kappa shape index (κ2) is 10.1. The molecule has 0 aliphatic carbocycles. The number of imidazole rings is 1. The van der Waals surface area contributed by atoms with Gasteiger partial charge in [-0.25, -0.2) is 9.97 Å². The quantitative estimate of drug-likeness (QED) is 0.485. The minimum atomic E-state index is -4.40. The molecule has 0 atom stereocenters. The minimum Gasteiger partial charge on any atom is -0.355 e. The van der Waals surface area contributed by atoms with E-state index in [1.54, 1.807) is 6.20 Å². The van der Waals surface area contributed by atoms with Gasteiger partial charge in [0.2, 0.25) is 5.91 Å². The van der Waals surface area contributed by atoms with Crippen LogP contribution in [0.4, 0.5) is 19.0 Å². The first-order valence-electron chi connectivity index (χ1n) is 11.0. The number of halogens is 3. The number of thioether (sulfide) groups is 1. The van der Waals surface area contributed by atoms with Gasteiger partial charge in [0.1, 0.15) is 5.82 Å². The molecule has 6 nitrogen and oxygen atoms in total. The fourth-order valence-corrected chi connectivity index (χ4v) is 4.80. The van der Waals surface area contributed by atoms with Crippen LogP contribution in [0.5, 0.6) is 0 Å². The molecule has 0 unspecified atom stereocenters. The lowest BCUT2D eigenvalue weighted by atomic mass is 10.1. The van der Waals surface area contributed by atoms with Gasteiger partial charge in [-0.1, -0.05) is 23.9 Å². The third-order valence-electron chi connectivity index (χ3n) is 6.01. The van der Waals surface area contributed by atoms with Crippen molar-refractivity contribution >= 4 is 23.5 Å². The summed E-state index contributed by atoms with van der Waals surface area (Å²) in [5.41, 5.74) is 2.63. The van der Waals surface area contributed by atoms with E-state index in [1.165, 1.54) is 23.4 Å². The molecular formula is C24H26F3N5OS. The highest BCUT2D eigenvalue weighted by Crippen LogP contribution is 2.29. The maximum absolute atomic E-state index is 12.9. The van der Waals surface area contributed by atoms with Gasteiger partial charge in [-0.05, 0) is 49.6 Å². The Morgan fingerprint density at radius 3 is 2.62 bits per heavy atom. The minimum absolute atomic E-state index is 0.0164. The normalized spacial score (nSPS) is 14.9. The number of rotatable bonds is 5. The van der Waals surface area contributed by atoms with E-state index in [0.29, 0.717) is 32.0 Å². The maximum Gasteiger partial charge on any atom is 0.417 e. The van der Waals surface area contributed by atoms with E-state index < -0.39 is 11.7 Å². The molecule has 3 heterocycles. The van der Waals surface area contributed by atoms with Gasteiger partial charge in [-0.2, -0.15) is 13.2 Å². The summed E-state index contributed by atoms with van der Waals surface area (Å²) in [5.74, 6) is 0.774. The summed E-state index contributed by atoms with van der Waals surface area (Å²) in [4.78, 5) is 25.1. The number of amides is 1. The molecule has 0 saturated carbocycles. The van der Waals surface area contributed by atoms with Crippen molar-refractivity contribution in [2.45, 2.75) is 31.6 Å². The van der Waals surface area contributed by atoms with E-state index in [4.69, 9.17) is 0 Å². The molecule has 0 radical (unpaired) electrons. The first-order valence-corrected chi connectivity index (χ1v) is 12.0. The van der Waals surface area contributed by atoms with Crippen LogP contribution in [0.3, 0.4) is 0 Å². The van der Waals surface area contributed by atoms with Crippen LogP contribution in [0.1, 0.15) is 23.1 Å². The van der Waals surface area contributed by atoms with Crippen molar-refractivity contribution in [3.05, 3.63) is 65.6 Å². The second-order valence-corrected chi connectivity index (χ2v) is 9.15. The van der Waals surface area contributed by atoms with Gasteiger partial charge in [-0.15, -0.1) is 0 Å². The van der Waals surface area contributed by atoms with Crippen LogP contribution in [-0.4, -0.2) is 57.3 Å². The molecule has 34 heavy (non-hydrogen) atoms. The highest BCUT2D eigenvalue weighted by Gasteiger charge is 2.31. The summed E-state index contributed by atoms with van der Waals surface area (Å²) < 4.78 is 40.4. The zero-order chi connectivity index (χ0) is 24.3. The highest BCUT2D eigenvalue weighted by atomic mass is 32.2. The third-order valence-corrected chi connectivity index (χ3v) is 6.97. The van der Waals surface area contributed by atoms with Gasteiger partial charge in [0.25, 0.3) is 0 Å². The van der Waals surface area contributed by atoms with Crippen molar-refractivity contribution in [1.82, 2.24) is 19.4 Å². The smallest absolute Gasteiger partial charge is 0.355 e. The second-order valence-electron chi connectivity index (χ2n) is 8.21. The largest absolute Gasteiger partial charge is 0.417 e. The fraction of sp³-hybridized carbons (Fsp3) is 0.375. The molecule has 1 aliphatic heterocycles. The van der Waals surface area contributed by atoms with Gasteiger partial charge in [-0.3, -0.25) is 9.36 Å². The fourth-order valence-electron chi connectivity index (χ4n) is 3.93. The van der Waals surface area contributed by atoms with E-state index in [2.05, 4.69) is 29.9 Å². The van der Waals surface area contributed by atoms with Crippen molar-refractivity contribution < 1.29 is 18.0 Å². The molecule has 1 aliphatic rings. The number of carbonyl (C=O) groups is 1.